The highest BCUT2D eigenvalue weighted by atomic mass is 16.5. The number of carbonyl (C=O) groups is 2. The van der Waals surface area contributed by atoms with Crippen LogP contribution in [0.1, 0.15) is 12.8 Å². The Labute approximate surface area is 97.9 Å². The molecule has 0 spiro atoms. The molecule has 0 atom stereocenters. The highest BCUT2D eigenvalue weighted by Gasteiger charge is 2.24. The molecule has 0 amide bonds. The second-order valence-electron chi connectivity index (χ2n) is 3.39. The second kappa shape index (κ2) is 6.47. The van der Waals surface area contributed by atoms with Gasteiger partial charge >= 0.3 is 11.9 Å². The molecule has 92 valence electrons. The Kier molecular flexibility index (Phi) is 4.93. The molecule has 0 radical (unpaired) electrons. The first-order valence-electron chi connectivity index (χ1n) is 5.10. The molecule has 0 fully saturated rings. The summed E-state index contributed by atoms with van der Waals surface area (Å²) in [5.41, 5.74) is 0. The Morgan fingerprint density at radius 2 is 2.00 bits per heavy atom. The number of pyridine rings is 1. The van der Waals surface area contributed by atoms with E-state index in [2.05, 4.69) is 4.98 Å². The Morgan fingerprint density at radius 1 is 1.29 bits per heavy atom. The molecule has 1 heterocycles. The van der Waals surface area contributed by atoms with Crippen molar-refractivity contribution in [2.75, 3.05) is 6.61 Å². The van der Waals surface area contributed by atoms with Gasteiger partial charge in [0.1, 0.15) is 0 Å². The first kappa shape index (κ1) is 13.0. The lowest BCUT2D eigenvalue weighted by atomic mass is 10.0. The van der Waals surface area contributed by atoms with Gasteiger partial charge in [-0.3, -0.25) is 9.59 Å². The largest absolute Gasteiger partial charge is 0.481 e. The highest BCUT2D eigenvalue weighted by molar-refractivity contribution is 5.92. The average molecular weight is 239 g/mol. The summed E-state index contributed by atoms with van der Waals surface area (Å²) < 4.78 is 5.22. The van der Waals surface area contributed by atoms with Crippen LogP contribution in [0.4, 0.5) is 0 Å². The van der Waals surface area contributed by atoms with Crippen LogP contribution < -0.4 is 4.74 Å². The van der Waals surface area contributed by atoms with Gasteiger partial charge in [0.05, 0.1) is 6.61 Å². The minimum Gasteiger partial charge on any atom is -0.481 e. The van der Waals surface area contributed by atoms with E-state index < -0.39 is 17.9 Å². The molecule has 6 nitrogen and oxygen atoms in total. The topological polar surface area (TPSA) is 96.7 Å². The van der Waals surface area contributed by atoms with Gasteiger partial charge in [-0.1, -0.05) is 6.07 Å². The normalized spacial score (nSPS) is 10.2. The summed E-state index contributed by atoms with van der Waals surface area (Å²) in [6.07, 6.45) is 1.96. The van der Waals surface area contributed by atoms with E-state index >= 15 is 0 Å². The maximum absolute atomic E-state index is 10.6. The molecule has 1 aromatic heterocycles. The molecular weight excluding hydrogens is 226 g/mol. The number of nitrogens with zero attached hydrogens (tertiary/aromatic N) is 1. The van der Waals surface area contributed by atoms with Crippen LogP contribution in [0.25, 0.3) is 0 Å². The van der Waals surface area contributed by atoms with Crippen LogP contribution in [0.2, 0.25) is 0 Å². The summed E-state index contributed by atoms with van der Waals surface area (Å²) in [5.74, 6) is -3.58. The summed E-state index contributed by atoms with van der Waals surface area (Å²) >= 11 is 0. The third kappa shape index (κ3) is 4.50. The molecule has 1 aromatic rings. The van der Waals surface area contributed by atoms with Crippen LogP contribution in [0.3, 0.4) is 0 Å². The molecule has 2 N–H and O–H groups in total. The van der Waals surface area contributed by atoms with Gasteiger partial charge in [-0.2, -0.15) is 0 Å². The van der Waals surface area contributed by atoms with Crippen LogP contribution in [0, 0.1) is 5.92 Å². The minimum atomic E-state index is -1.37. The number of hydrogen-bond acceptors (Lipinski definition) is 4. The van der Waals surface area contributed by atoms with E-state index in [4.69, 9.17) is 14.9 Å². The summed E-state index contributed by atoms with van der Waals surface area (Å²) in [7, 11) is 0. The number of ether oxygens (including phenoxy) is 1. The number of carboxylic acids is 2. The average Bonchev–Trinajstić information content (AvgIpc) is 2.29. The first-order valence-corrected chi connectivity index (χ1v) is 5.10. The molecule has 0 saturated heterocycles. The molecule has 0 aliphatic rings. The van der Waals surface area contributed by atoms with E-state index in [1.165, 1.54) is 0 Å². The SMILES string of the molecule is O=C(O)C(CCCOc1ccccn1)C(=O)O. The van der Waals surface area contributed by atoms with Gasteiger partial charge in [0.15, 0.2) is 5.92 Å². The Morgan fingerprint density at radius 3 is 2.53 bits per heavy atom. The molecule has 17 heavy (non-hydrogen) atoms. The lowest BCUT2D eigenvalue weighted by molar-refractivity contribution is -0.154. The second-order valence-corrected chi connectivity index (χ2v) is 3.39. The van der Waals surface area contributed by atoms with E-state index in [0.29, 0.717) is 12.3 Å². The van der Waals surface area contributed by atoms with Crippen molar-refractivity contribution >= 4 is 11.9 Å². The molecule has 0 aromatic carbocycles. The van der Waals surface area contributed by atoms with Crippen LogP contribution in [0.15, 0.2) is 24.4 Å². The lowest BCUT2D eigenvalue weighted by Crippen LogP contribution is -2.23. The monoisotopic (exact) mass is 239 g/mol. The predicted molar refractivity (Wildman–Crippen MR) is 57.7 cm³/mol. The van der Waals surface area contributed by atoms with Crippen LogP contribution >= 0.6 is 0 Å². The van der Waals surface area contributed by atoms with E-state index in [1.807, 2.05) is 0 Å². The molecular formula is C11H13NO5. The van der Waals surface area contributed by atoms with E-state index in [1.54, 1.807) is 24.4 Å². The fraction of sp³-hybridized carbons (Fsp3) is 0.364. The predicted octanol–water partition coefficient (Wildman–Crippen LogP) is 1.03. The number of aromatic nitrogens is 1. The zero-order chi connectivity index (χ0) is 12.7. The molecule has 6 heteroatoms. The zero-order valence-electron chi connectivity index (χ0n) is 9.07. The number of hydrogen-bond donors (Lipinski definition) is 2. The lowest BCUT2D eigenvalue weighted by Gasteiger charge is -2.07. The van der Waals surface area contributed by atoms with Gasteiger partial charge in [-0.05, 0) is 18.9 Å². The van der Waals surface area contributed by atoms with Crippen molar-refractivity contribution in [3.05, 3.63) is 24.4 Å². The Balaban J connectivity index is 2.28. The van der Waals surface area contributed by atoms with E-state index in [-0.39, 0.29) is 13.0 Å². The van der Waals surface area contributed by atoms with Gasteiger partial charge in [0, 0.05) is 12.3 Å². The van der Waals surface area contributed by atoms with Crippen molar-refractivity contribution in [3.8, 4) is 5.88 Å². The fourth-order valence-electron chi connectivity index (χ4n) is 1.25. The minimum absolute atomic E-state index is 0.0392. The summed E-state index contributed by atoms with van der Waals surface area (Å²) in [5, 5.41) is 17.3. The first-order chi connectivity index (χ1) is 8.11. The summed E-state index contributed by atoms with van der Waals surface area (Å²) in [6, 6.07) is 5.18. The zero-order valence-corrected chi connectivity index (χ0v) is 9.07. The summed E-state index contributed by atoms with van der Waals surface area (Å²) in [4.78, 5) is 25.1. The third-order valence-corrected chi connectivity index (χ3v) is 2.12. The van der Waals surface area contributed by atoms with Crippen molar-refractivity contribution in [2.24, 2.45) is 5.92 Å². The molecule has 0 saturated carbocycles. The van der Waals surface area contributed by atoms with Crippen molar-refractivity contribution in [3.63, 3.8) is 0 Å². The maximum Gasteiger partial charge on any atom is 0.317 e. The van der Waals surface area contributed by atoms with Gasteiger partial charge in [0.25, 0.3) is 0 Å². The molecule has 0 aliphatic carbocycles. The standard InChI is InChI=1S/C11H13NO5/c13-10(14)8(11(15)16)4-3-7-17-9-5-1-2-6-12-9/h1-2,5-6,8H,3-4,7H2,(H,13,14)(H,15,16). The third-order valence-electron chi connectivity index (χ3n) is 2.12. The molecule has 0 unspecified atom stereocenters. The number of aliphatic carboxylic acids is 2. The van der Waals surface area contributed by atoms with E-state index in [0.717, 1.165) is 0 Å². The van der Waals surface area contributed by atoms with Crippen LogP contribution in [0.5, 0.6) is 5.88 Å². The Bertz CT molecular complexity index is 365. The van der Waals surface area contributed by atoms with Crippen molar-refractivity contribution in [1.29, 1.82) is 0 Å². The van der Waals surface area contributed by atoms with Crippen molar-refractivity contribution < 1.29 is 24.5 Å². The Hall–Kier alpha value is -2.11. The van der Waals surface area contributed by atoms with Gasteiger partial charge in [-0.15, -0.1) is 0 Å². The van der Waals surface area contributed by atoms with Gasteiger partial charge in [-0.25, -0.2) is 4.98 Å². The molecule has 0 aliphatic heterocycles. The smallest absolute Gasteiger partial charge is 0.317 e. The van der Waals surface area contributed by atoms with Crippen LogP contribution in [-0.2, 0) is 9.59 Å². The summed E-state index contributed by atoms with van der Waals surface area (Å²) in [6.45, 7) is 0.244. The number of carboxylic acid groups (broad SMARTS) is 2. The quantitative estimate of drug-likeness (QED) is 0.544. The van der Waals surface area contributed by atoms with E-state index in [9.17, 15) is 9.59 Å². The number of rotatable bonds is 7. The van der Waals surface area contributed by atoms with Gasteiger partial charge in [0.2, 0.25) is 5.88 Å². The fourth-order valence-corrected chi connectivity index (χ4v) is 1.25. The van der Waals surface area contributed by atoms with Crippen molar-refractivity contribution in [2.45, 2.75) is 12.8 Å². The van der Waals surface area contributed by atoms with Crippen molar-refractivity contribution in [1.82, 2.24) is 4.98 Å². The maximum atomic E-state index is 10.6. The highest BCUT2D eigenvalue weighted by Crippen LogP contribution is 2.09. The van der Waals surface area contributed by atoms with Crippen LogP contribution in [-0.4, -0.2) is 33.7 Å². The molecule has 1 rings (SSSR count). The van der Waals surface area contributed by atoms with Gasteiger partial charge < -0.3 is 14.9 Å². The molecule has 0 bridgehead atoms.